The Morgan fingerprint density at radius 2 is 1.75 bits per heavy atom. The molecule has 118 valence electrons. The van der Waals surface area contributed by atoms with E-state index >= 15 is 0 Å². The molecule has 0 aliphatic carbocycles. The first-order valence-corrected chi connectivity index (χ1v) is 7.55. The van der Waals surface area contributed by atoms with Gasteiger partial charge in [0.15, 0.2) is 5.76 Å². The highest BCUT2D eigenvalue weighted by Crippen LogP contribution is 2.32. The second-order valence-corrected chi connectivity index (χ2v) is 5.51. The third kappa shape index (κ3) is 2.60. The molecule has 0 radical (unpaired) electrons. The van der Waals surface area contributed by atoms with Gasteiger partial charge in [0.1, 0.15) is 11.5 Å². The number of benzene rings is 2. The van der Waals surface area contributed by atoms with Gasteiger partial charge in [-0.3, -0.25) is 0 Å². The van der Waals surface area contributed by atoms with Crippen LogP contribution in [0.15, 0.2) is 71.4 Å². The predicted octanol–water partition coefficient (Wildman–Crippen LogP) is 4.64. The lowest BCUT2D eigenvalue weighted by atomic mass is 10.1. The van der Waals surface area contributed by atoms with E-state index in [1.54, 1.807) is 16.8 Å². The molecule has 4 aromatic rings. The lowest BCUT2D eigenvalue weighted by Gasteiger charge is -2.00. The van der Waals surface area contributed by atoms with Gasteiger partial charge in [-0.15, -0.1) is 0 Å². The topological polar surface area (TPSA) is 43.9 Å². The van der Waals surface area contributed by atoms with Gasteiger partial charge in [0.2, 0.25) is 0 Å². The van der Waals surface area contributed by atoms with Crippen LogP contribution in [-0.4, -0.2) is 14.9 Å². The number of para-hydroxylation sites is 1. The Labute approximate surface area is 138 Å². The summed E-state index contributed by atoms with van der Waals surface area (Å²) in [5, 5.41) is 8.62. The van der Waals surface area contributed by atoms with Crippen molar-refractivity contribution in [2.45, 2.75) is 6.92 Å². The van der Waals surface area contributed by atoms with E-state index in [0.29, 0.717) is 5.76 Å². The summed E-state index contributed by atoms with van der Waals surface area (Å²) in [4.78, 5) is 0. The molecule has 4 nitrogen and oxygen atoms in total. The maximum atomic E-state index is 13.2. The van der Waals surface area contributed by atoms with Crippen molar-refractivity contribution in [2.75, 3.05) is 0 Å². The number of rotatable bonds is 3. The van der Waals surface area contributed by atoms with Gasteiger partial charge in [0, 0.05) is 17.8 Å². The maximum Gasteiger partial charge on any atom is 0.170 e. The molecule has 0 fully saturated rings. The standard InChI is InChI=1S/C19H14FN3O/c1-13-11-18(24-22-13)17-12-23(16-5-3-2-4-6-16)21-19(17)14-7-9-15(20)10-8-14/h2-12H,1H3. The normalized spacial score (nSPS) is 10.9. The van der Waals surface area contributed by atoms with Crippen LogP contribution >= 0.6 is 0 Å². The zero-order valence-electron chi connectivity index (χ0n) is 13.0. The van der Waals surface area contributed by atoms with Crippen molar-refractivity contribution in [3.63, 3.8) is 0 Å². The summed E-state index contributed by atoms with van der Waals surface area (Å²) < 4.78 is 20.4. The summed E-state index contributed by atoms with van der Waals surface area (Å²) in [5.41, 5.74) is 4.07. The summed E-state index contributed by atoms with van der Waals surface area (Å²) in [7, 11) is 0. The lowest BCUT2D eigenvalue weighted by Crippen LogP contribution is -1.94. The van der Waals surface area contributed by atoms with Crippen molar-refractivity contribution in [1.29, 1.82) is 0 Å². The highest BCUT2D eigenvalue weighted by atomic mass is 19.1. The summed E-state index contributed by atoms with van der Waals surface area (Å²) >= 11 is 0. The fourth-order valence-corrected chi connectivity index (χ4v) is 2.58. The minimum atomic E-state index is -0.279. The Hall–Kier alpha value is -3.21. The molecular formula is C19H14FN3O. The molecule has 0 atom stereocenters. The van der Waals surface area contributed by atoms with E-state index in [0.717, 1.165) is 28.2 Å². The van der Waals surface area contributed by atoms with Gasteiger partial charge in [-0.05, 0) is 43.3 Å². The van der Waals surface area contributed by atoms with E-state index < -0.39 is 0 Å². The molecule has 0 amide bonds. The quantitative estimate of drug-likeness (QED) is 0.552. The Morgan fingerprint density at radius 3 is 2.42 bits per heavy atom. The van der Waals surface area contributed by atoms with Crippen molar-refractivity contribution in [3.8, 4) is 28.3 Å². The zero-order valence-corrected chi connectivity index (χ0v) is 13.0. The SMILES string of the molecule is Cc1cc(-c2cn(-c3ccccc3)nc2-c2ccc(F)cc2)on1. The highest BCUT2D eigenvalue weighted by molar-refractivity contribution is 5.78. The largest absolute Gasteiger partial charge is 0.356 e. The molecule has 24 heavy (non-hydrogen) atoms. The van der Waals surface area contributed by atoms with Crippen LogP contribution in [0.4, 0.5) is 4.39 Å². The number of hydrogen-bond donors (Lipinski definition) is 0. The van der Waals surface area contributed by atoms with Crippen LogP contribution in [-0.2, 0) is 0 Å². The van der Waals surface area contributed by atoms with Crippen molar-refractivity contribution in [3.05, 3.63) is 78.4 Å². The molecule has 2 heterocycles. The summed E-state index contributed by atoms with van der Waals surface area (Å²) in [6.45, 7) is 1.87. The van der Waals surface area contributed by atoms with Gasteiger partial charge in [-0.25, -0.2) is 9.07 Å². The molecule has 4 rings (SSSR count). The van der Waals surface area contributed by atoms with Gasteiger partial charge < -0.3 is 4.52 Å². The lowest BCUT2D eigenvalue weighted by molar-refractivity contribution is 0.427. The van der Waals surface area contributed by atoms with E-state index in [1.165, 1.54) is 12.1 Å². The van der Waals surface area contributed by atoms with Crippen LogP contribution in [0.1, 0.15) is 5.69 Å². The average molecular weight is 319 g/mol. The Kier molecular flexibility index (Phi) is 3.46. The van der Waals surface area contributed by atoms with Crippen LogP contribution in [0.5, 0.6) is 0 Å². The number of aromatic nitrogens is 3. The molecule has 0 saturated heterocycles. The summed E-state index contributed by atoms with van der Waals surface area (Å²) in [6.07, 6.45) is 1.90. The van der Waals surface area contributed by atoms with Crippen LogP contribution in [0.2, 0.25) is 0 Å². The highest BCUT2D eigenvalue weighted by Gasteiger charge is 2.17. The van der Waals surface area contributed by atoms with Crippen molar-refractivity contribution >= 4 is 0 Å². The molecule has 0 saturated carbocycles. The number of nitrogens with zero attached hydrogens (tertiary/aromatic N) is 3. The summed E-state index contributed by atoms with van der Waals surface area (Å²) in [5.74, 6) is 0.354. The molecule has 2 aromatic carbocycles. The first-order chi connectivity index (χ1) is 11.7. The summed E-state index contributed by atoms with van der Waals surface area (Å²) in [6, 6.07) is 17.9. The van der Waals surface area contributed by atoms with Crippen molar-refractivity contribution in [1.82, 2.24) is 14.9 Å². The number of aryl methyl sites for hydroxylation is 1. The second kappa shape index (κ2) is 5.77. The monoisotopic (exact) mass is 319 g/mol. The zero-order chi connectivity index (χ0) is 16.5. The van der Waals surface area contributed by atoms with Crippen LogP contribution in [0.3, 0.4) is 0 Å². The molecule has 2 aromatic heterocycles. The Balaban J connectivity index is 1.90. The third-order valence-electron chi connectivity index (χ3n) is 3.75. The fourth-order valence-electron chi connectivity index (χ4n) is 2.58. The maximum absolute atomic E-state index is 13.2. The molecular weight excluding hydrogens is 305 g/mol. The Morgan fingerprint density at radius 1 is 1.00 bits per heavy atom. The van der Waals surface area contributed by atoms with Gasteiger partial charge in [0.05, 0.1) is 16.9 Å². The van der Waals surface area contributed by atoms with E-state index in [9.17, 15) is 4.39 Å². The molecule has 0 aliphatic rings. The molecule has 5 heteroatoms. The number of hydrogen-bond acceptors (Lipinski definition) is 3. The average Bonchev–Trinajstić information content (AvgIpc) is 3.23. The van der Waals surface area contributed by atoms with Crippen LogP contribution < -0.4 is 0 Å². The van der Waals surface area contributed by atoms with Crippen molar-refractivity contribution in [2.24, 2.45) is 0 Å². The van der Waals surface area contributed by atoms with Gasteiger partial charge in [0.25, 0.3) is 0 Å². The van der Waals surface area contributed by atoms with Crippen LogP contribution in [0.25, 0.3) is 28.3 Å². The van der Waals surface area contributed by atoms with Gasteiger partial charge >= 0.3 is 0 Å². The fraction of sp³-hybridized carbons (Fsp3) is 0.0526. The van der Waals surface area contributed by atoms with E-state index in [2.05, 4.69) is 10.3 Å². The second-order valence-electron chi connectivity index (χ2n) is 5.51. The number of halogens is 1. The molecule has 0 bridgehead atoms. The van der Waals surface area contributed by atoms with Crippen molar-refractivity contribution < 1.29 is 8.91 Å². The Bertz CT molecular complexity index is 972. The predicted molar refractivity (Wildman–Crippen MR) is 89.2 cm³/mol. The molecule has 0 N–H and O–H groups in total. The van der Waals surface area contributed by atoms with E-state index in [-0.39, 0.29) is 5.82 Å². The first-order valence-electron chi connectivity index (χ1n) is 7.55. The molecule has 0 unspecified atom stereocenters. The van der Waals surface area contributed by atoms with Gasteiger partial charge in [-0.2, -0.15) is 5.10 Å². The molecule has 0 spiro atoms. The van der Waals surface area contributed by atoms with Crippen LogP contribution in [0, 0.1) is 12.7 Å². The third-order valence-corrected chi connectivity index (χ3v) is 3.75. The smallest absolute Gasteiger partial charge is 0.170 e. The van der Waals surface area contributed by atoms with E-state index in [4.69, 9.17) is 4.52 Å². The van der Waals surface area contributed by atoms with Gasteiger partial charge in [-0.1, -0.05) is 23.4 Å². The van der Waals surface area contributed by atoms with E-state index in [1.807, 2.05) is 49.5 Å². The minimum absolute atomic E-state index is 0.279. The molecule has 0 aliphatic heterocycles. The first kappa shape index (κ1) is 14.4. The minimum Gasteiger partial charge on any atom is -0.356 e.